The van der Waals surface area contributed by atoms with Crippen molar-refractivity contribution in [1.82, 2.24) is 5.32 Å². The van der Waals surface area contributed by atoms with E-state index in [-0.39, 0.29) is 5.56 Å². The molecule has 1 atom stereocenters. The van der Waals surface area contributed by atoms with Crippen LogP contribution < -0.4 is 11.1 Å². The Morgan fingerprint density at radius 3 is 2.67 bits per heavy atom. The number of halogens is 2. The fourth-order valence-corrected chi connectivity index (χ4v) is 1.30. The Kier molecular flexibility index (Phi) is 3.74. The van der Waals surface area contributed by atoms with Crippen molar-refractivity contribution in [3.8, 4) is 0 Å². The van der Waals surface area contributed by atoms with Crippen LogP contribution in [0.15, 0.2) is 18.2 Å². The number of likely N-dealkylation sites (N-methyl/N-ethyl adjacent to an activating group) is 1. The molecule has 0 aliphatic heterocycles. The third-order valence-corrected chi connectivity index (χ3v) is 1.97. The molecule has 82 valence electrons. The number of nitrogens with two attached hydrogens (primary N) is 1. The highest BCUT2D eigenvalue weighted by molar-refractivity contribution is 5.81. The van der Waals surface area contributed by atoms with E-state index in [1.807, 2.05) is 0 Å². The van der Waals surface area contributed by atoms with Gasteiger partial charge in [0, 0.05) is 11.6 Å². The summed E-state index contributed by atoms with van der Waals surface area (Å²) in [5.41, 5.74) is 5.16. The number of amides is 1. The van der Waals surface area contributed by atoms with Gasteiger partial charge in [-0.1, -0.05) is 13.0 Å². The van der Waals surface area contributed by atoms with Gasteiger partial charge in [-0.2, -0.15) is 0 Å². The molecule has 1 rings (SSSR count). The summed E-state index contributed by atoms with van der Waals surface area (Å²) in [4.78, 5) is 11.0. The van der Waals surface area contributed by atoms with Crippen LogP contribution >= 0.6 is 0 Å². The highest BCUT2D eigenvalue weighted by atomic mass is 19.1. The van der Waals surface area contributed by atoms with Crippen LogP contribution in [0.25, 0.3) is 0 Å². The third-order valence-electron chi connectivity index (χ3n) is 1.97. The molecule has 1 aromatic carbocycles. The fraction of sp³-hybridized carbons (Fsp3) is 0.300. The Morgan fingerprint density at radius 2 is 2.20 bits per heavy atom. The van der Waals surface area contributed by atoms with Crippen LogP contribution in [-0.4, -0.2) is 12.5 Å². The van der Waals surface area contributed by atoms with Gasteiger partial charge in [0.15, 0.2) is 0 Å². The first-order chi connectivity index (χ1) is 7.06. The molecule has 0 saturated heterocycles. The van der Waals surface area contributed by atoms with E-state index in [2.05, 4.69) is 5.32 Å². The Hall–Kier alpha value is -1.49. The minimum atomic E-state index is -0.921. The molecule has 3 N–H and O–H groups in total. The maximum atomic E-state index is 13.3. The van der Waals surface area contributed by atoms with E-state index >= 15 is 0 Å². The number of hydrogen-bond donors (Lipinski definition) is 2. The zero-order chi connectivity index (χ0) is 11.4. The lowest BCUT2D eigenvalue weighted by Crippen LogP contribution is -2.34. The fourth-order valence-electron chi connectivity index (χ4n) is 1.30. The summed E-state index contributed by atoms with van der Waals surface area (Å²) >= 11 is 0. The number of carbonyl (C=O) groups is 1. The predicted molar refractivity (Wildman–Crippen MR) is 52.0 cm³/mol. The summed E-state index contributed by atoms with van der Waals surface area (Å²) in [5.74, 6) is -2.15. The normalized spacial score (nSPS) is 12.5. The van der Waals surface area contributed by atoms with Crippen LogP contribution in [0.4, 0.5) is 8.78 Å². The molecule has 0 radical (unpaired) electrons. The van der Waals surface area contributed by atoms with Gasteiger partial charge in [0.1, 0.15) is 17.7 Å². The second-order valence-electron chi connectivity index (χ2n) is 3.06. The predicted octanol–water partition coefficient (Wildman–Crippen LogP) is 1.10. The number of nitrogens with one attached hydrogen (secondary N) is 1. The van der Waals surface area contributed by atoms with Crippen LogP contribution in [-0.2, 0) is 4.79 Å². The first-order valence-corrected chi connectivity index (χ1v) is 4.54. The minimum Gasteiger partial charge on any atom is -0.368 e. The maximum absolute atomic E-state index is 13.3. The molecule has 0 aliphatic carbocycles. The molecule has 0 fully saturated rings. The van der Waals surface area contributed by atoms with E-state index in [1.54, 1.807) is 6.92 Å². The van der Waals surface area contributed by atoms with Crippen molar-refractivity contribution in [1.29, 1.82) is 0 Å². The minimum absolute atomic E-state index is 0.0609. The van der Waals surface area contributed by atoms with E-state index in [0.717, 1.165) is 12.1 Å². The van der Waals surface area contributed by atoms with Gasteiger partial charge in [0.05, 0.1) is 0 Å². The van der Waals surface area contributed by atoms with Gasteiger partial charge < -0.3 is 11.1 Å². The van der Waals surface area contributed by atoms with Crippen molar-refractivity contribution in [2.75, 3.05) is 6.54 Å². The largest absolute Gasteiger partial charge is 0.368 e. The van der Waals surface area contributed by atoms with Crippen molar-refractivity contribution in [3.05, 3.63) is 35.4 Å². The third kappa shape index (κ3) is 2.73. The molecule has 0 heterocycles. The van der Waals surface area contributed by atoms with Crippen LogP contribution in [0.2, 0.25) is 0 Å². The second-order valence-corrected chi connectivity index (χ2v) is 3.06. The molecule has 1 aromatic rings. The van der Waals surface area contributed by atoms with Gasteiger partial charge in [0.2, 0.25) is 5.91 Å². The Bertz CT molecular complexity index is 368. The van der Waals surface area contributed by atoms with E-state index in [4.69, 9.17) is 5.73 Å². The summed E-state index contributed by atoms with van der Waals surface area (Å²) in [6.07, 6.45) is 0. The van der Waals surface area contributed by atoms with Crippen LogP contribution in [0.1, 0.15) is 18.5 Å². The quantitative estimate of drug-likeness (QED) is 0.788. The monoisotopic (exact) mass is 214 g/mol. The van der Waals surface area contributed by atoms with E-state index in [1.165, 1.54) is 6.07 Å². The van der Waals surface area contributed by atoms with Crippen LogP contribution in [0.3, 0.4) is 0 Å². The molecular weight excluding hydrogens is 202 g/mol. The average Bonchev–Trinajstić information content (AvgIpc) is 2.15. The zero-order valence-electron chi connectivity index (χ0n) is 8.26. The van der Waals surface area contributed by atoms with Gasteiger partial charge in [-0.15, -0.1) is 0 Å². The van der Waals surface area contributed by atoms with Crippen molar-refractivity contribution in [2.24, 2.45) is 5.73 Å². The second kappa shape index (κ2) is 4.84. The zero-order valence-corrected chi connectivity index (χ0v) is 8.26. The summed E-state index contributed by atoms with van der Waals surface area (Å²) in [5, 5.41) is 2.72. The van der Waals surface area contributed by atoms with Crippen molar-refractivity contribution >= 4 is 5.91 Å². The lowest BCUT2D eigenvalue weighted by atomic mass is 10.1. The van der Waals surface area contributed by atoms with Crippen molar-refractivity contribution in [3.63, 3.8) is 0 Å². The average molecular weight is 214 g/mol. The van der Waals surface area contributed by atoms with E-state index in [9.17, 15) is 13.6 Å². The molecule has 0 aromatic heterocycles. The van der Waals surface area contributed by atoms with Gasteiger partial charge in [-0.25, -0.2) is 8.78 Å². The number of primary amides is 1. The first kappa shape index (κ1) is 11.6. The molecule has 3 nitrogen and oxygen atoms in total. The molecular formula is C10H12F2N2O. The first-order valence-electron chi connectivity index (χ1n) is 4.54. The smallest absolute Gasteiger partial charge is 0.239 e. The van der Waals surface area contributed by atoms with Gasteiger partial charge in [0.25, 0.3) is 0 Å². The number of benzene rings is 1. The Labute approximate surface area is 86.3 Å². The SMILES string of the molecule is CCNC(C(N)=O)c1ccc(F)cc1F. The molecule has 5 heteroatoms. The van der Waals surface area contributed by atoms with Gasteiger partial charge in [-0.05, 0) is 12.6 Å². The molecule has 0 saturated carbocycles. The Balaban J connectivity index is 3.05. The standard InChI is InChI=1S/C10H12F2N2O/c1-2-14-9(10(13)15)7-4-3-6(11)5-8(7)12/h3-5,9,14H,2H2,1H3,(H2,13,15). The number of rotatable bonds is 4. The maximum Gasteiger partial charge on any atom is 0.239 e. The van der Waals surface area contributed by atoms with Gasteiger partial charge in [-0.3, -0.25) is 4.79 Å². The highest BCUT2D eigenvalue weighted by Crippen LogP contribution is 2.17. The Morgan fingerprint density at radius 1 is 1.53 bits per heavy atom. The summed E-state index contributed by atoms with van der Waals surface area (Å²) in [6.45, 7) is 2.22. The molecule has 1 unspecified atom stereocenters. The lowest BCUT2D eigenvalue weighted by molar-refractivity contribution is -0.120. The van der Waals surface area contributed by atoms with E-state index in [0.29, 0.717) is 6.54 Å². The molecule has 15 heavy (non-hydrogen) atoms. The summed E-state index contributed by atoms with van der Waals surface area (Å²) in [7, 11) is 0. The highest BCUT2D eigenvalue weighted by Gasteiger charge is 2.20. The number of carbonyl (C=O) groups excluding carboxylic acids is 1. The molecule has 1 amide bonds. The molecule has 0 spiro atoms. The van der Waals surface area contributed by atoms with Gasteiger partial charge >= 0.3 is 0 Å². The number of hydrogen-bond acceptors (Lipinski definition) is 2. The van der Waals surface area contributed by atoms with Crippen molar-refractivity contribution < 1.29 is 13.6 Å². The summed E-state index contributed by atoms with van der Waals surface area (Å²) in [6, 6.07) is 2.10. The van der Waals surface area contributed by atoms with Crippen molar-refractivity contribution in [2.45, 2.75) is 13.0 Å². The topological polar surface area (TPSA) is 55.1 Å². The lowest BCUT2D eigenvalue weighted by Gasteiger charge is -2.15. The summed E-state index contributed by atoms with van der Waals surface area (Å²) < 4.78 is 25.9. The van der Waals surface area contributed by atoms with E-state index < -0.39 is 23.6 Å². The van der Waals surface area contributed by atoms with Crippen LogP contribution in [0.5, 0.6) is 0 Å². The van der Waals surface area contributed by atoms with Crippen LogP contribution in [0, 0.1) is 11.6 Å². The molecule has 0 bridgehead atoms. The molecule has 0 aliphatic rings.